The first-order valence-electron chi connectivity index (χ1n) is 41.5. The molecule has 0 aliphatic heterocycles. The Balaban J connectivity index is 0.000000115. The summed E-state index contributed by atoms with van der Waals surface area (Å²) in [7, 11) is 8.35. The van der Waals surface area contributed by atoms with Gasteiger partial charge in [-0.15, -0.1) is 0 Å². The quantitative estimate of drug-likeness (QED) is 0.112. The number of para-hydroxylation sites is 9. The lowest BCUT2D eigenvalue weighted by atomic mass is 9.84. The van der Waals surface area contributed by atoms with E-state index in [0.717, 1.165) is 89.9 Å². The molecule has 0 aliphatic carbocycles. The van der Waals surface area contributed by atoms with Gasteiger partial charge in [0, 0.05) is 176 Å². The summed E-state index contributed by atoms with van der Waals surface area (Å²) in [6.45, 7) is 38.5. The molecule has 121 heavy (non-hydrogen) atoms. The van der Waals surface area contributed by atoms with E-state index >= 15 is 0 Å². The van der Waals surface area contributed by atoms with E-state index in [1.807, 2.05) is 43.4 Å². The van der Waals surface area contributed by atoms with E-state index in [-0.39, 0.29) is 5.41 Å². The lowest BCUT2D eigenvalue weighted by molar-refractivity contribution is -0.601. The first kappa shape index (κ1) is 79.1. The third kappa shape index (κ3) is 14.6. The van der Waals surface area contributed by atoms with E-state index in [4.69, 9.17) is 26.5 Å². The van der Waals surface area contributed by atoms with Gasteiger partial charge in [-0.2, -0.15) is 18.3 Å². The van der Waals surface area contributed by atoms with E-state index in [0.29, 0.717) is 5.69 Å². The Morgan fingerprint density at radius 2 is 0.669 bits per heavy atom. The monoisotopic (exact) mass is 1580 g/mol. The maximum atomic E-state index is 7.67. The van der Waals surface area contributed by atoms with Gasteiger partial charge in [0.25, 0.3) is 0 Å². The predicted molar refractivity (Wildman–Crippen MR) is 498 cm³/mol. The number of fused-ring (bicyclic) bond motifs is 8. The first-order chi connectivity index (χ1) is 58.3. The molecule has 0 saturated carbocycles. The molecule has 20 aromatic rings. The van der Waals surface area contributed by atoms with E-state index in [1.165, 1.54) is 133 Å². The summed E-state index contributed by atoms with van der Waals surface area (Å²) in [5.41, 5.74) is 34.3. The van der Waals surface area contributed by atoms with Crippen molar-refractivity contribution in [3.8, 4) is 68.3 Å². The molecule has 12 aromatic carbocycles. The van der Waals surface area contributed by atoms with Crippen LogP contribution in [0.1, 0.15) is 88.1 Å². The van der Waals surface area contributed by atoms with Gasteiger partial charge in [-0.1, -0.05) is 136 Å². The van der Waals surface area contributed by atoms with Gasteiger partial charge in [-0.25, -0.2) is 24.8 Å². The minimum Gasteiger partial charge on any atom is -0.327 e. The van der Waals surface area contributed by atoms with Crippen LogP contribution in [0.25, 0.3) is 160 Å². The molecule has 13 heteroatoms. The zero-order valence-electron chi connectivity index (χ0n) is 72.4. The van der Waals surface area contributed by atoms with Gasteiger partial charge < -0.3 is 18.3 Å². The number of hydrogen-bond donors (Lipinski definition) is 0. The summed E-state index contributed by atoms with van der Waals surface area (Å²) < 4.78 is 17.9. The first-order valence-corrected chi connectivity index (χ1v) is 41.5. The minimum absolute atomic E-state index is 0.0209. The van der Waals surface area contributed by atoms with Crippen LogP contribution in [-0.2, 0) is 33.6 Å². The van der Waals surface area contributed by atoms with Crippen molar-refractivity contribution in [2.24, 2.45) is 28.2 Å². The van der Waals surface area contributed by atoms with Crippen molar-refractivity contribution in [3.05, 3.63) is 364 Å². The molecule has 594 valence electrons. The standard InChI is InChI=1S/C29H30N3.C27H26N3.C26H21N4.C26H24N3/c1-19-15-21-11-7-8-12-22(21)18-32(19)27-17-23(29(3,4)5)16-24(20(27)2)28-30-25-13-9-10-14-26(25)31(28)6;1-17-16-18(2)26(30-19(3)14-15-21-10-6-8-12-23(21)30)20(4)25(17)27-28-22-11-7-9-13-24(22)29(27)5;1-17-13-19-9-5-6-10-20(19)16-30(17)25-15-21(27-3)14-22(18(25)2)26-28-23-11-7-8-12-24(23)29(26)4;1-17-13-22(26-27-23-11-7-8-12-24(23)28(26)4)19(3)25(14-17)29-16-21-10-6-5-9-20(21)15-18(29)2/h7-18H,1-6H3;6-16H,1-5H3;5-16H,1-2,4H3;5-16H,1-4H3/q4*+1. The van der Waals surface area contributed by atoms with Gasteiger partial charge in [0.15, 0.2) is 47.1 Å². The average Bonchev–Trinajstić information content (AvgIpc) is 1.74. The maximum absolute atomic E-state index is 7.67. The van der Waals surface area contributed by atoms with Gasteiger partial charge in [-0.05, 0) is 190 Å². The van der Waals surface area contributed by atoms with Crippen molar-refractivity contribution in [3.63, 3.8) is 0 Å². The second-order valence-corrected chi connectivity index (χ2v) is 33.5. The highest BCUT2D eigenvalue weighted by Crippen LogP contribution is 2.39. The summed E-state index contributed by atoms with van der Waals surface area (Å²) in [6, 6.07) is 93.7. The summed E-state index contributed by atoms with van der Waals surface area (Å²) in [6.07, 6.45) is 6.66. The zero-order chi connectivity index (χ0) is 84.6. The highest BCUT2D eigenvalue weighted by Gasteiger charge is 2.31. The Morgan fingerprint density at radius 3 is 1.09 bits per heavy atom. The van der Waals surface area contributed by atoms with Crippen LogP contribution < -0.4 is 18.3 Å². The molecular weight excluding hydrogens is 1480 g/mol. The van der Waals surface area contributed by atoms with E-state index in [1.54, 1.807) is 0 Å². The minimum atomic E-state index is 0.0209. The number of aryl methyl sites for hydroxylation is 11. The molecule has 0 unspecified atom stereocenters. The Kier molecular flexibility index (Phi) is 20.8. The second kappa shape index (κ2) is 31.8. The summed E-state index contributed by atoms with van der Waals surface area (Å²) in [4.78, 5) is 23.6. The topological polar surface area (TPSA) is 91.2 Å². The van der Waals surface area contributed by atoms with Crippen LogP contribution >= 0.6 is 0 Å². The summed E-state index contributed by atoms with van der Waals surface area (Å²) in [5, 5.41) is 8.63. The number of aromatic nitrogens is 12. The molecule has 0 saturated heterocycles. The van der Waals surface area contributed by atoms with Crippen LogP contribution in [0.3, 0.4) is 0 Å². The molecule has 0 aliphatic rings. The number of imidazole rings is 4. The molecule has 0 bridgehead atoms. The molecule has 8 aromatic heterocycles. The molecule has 0 fully saturated rings. The fourth-order valence-electron chi connectivity index (χ4n) is 17.8. The van der Waals surface area contributed by atoms with Gasteiger partial charge >= 0.3 is 0 Å². The van der Waals surface area contributed by atoms with Crippen molar-refractivity contribution in [2.75, 3.05) is 0 Å². The van der Waals surface area contributed by atoms with Crippen LogP contribution in [0.5, 0.6) is 0 Å². The zero-order valence-corrected chi connectivity index (χ0v) is 72.4. The lowest BCUT2D eigenvalue weighted by Gasteiger charge is -2.21. The third-order valence-electron chi connectivity index (χ3n) is 24.4. The van der Waals surface area contributed by atoms with Gasteiger partial charge in [0.05, 0.1) is 50.7 Å². The molecule has 13 nitrogen and oxygen atoms in total. The van der Waals surface area contributed by atoms with Crippen molar-refractivity contribution in [1.29, 1.82) is 0 Å². The average molecular weight is 1580 g/mol. The Bertz CT molecular complexity index is 7590. The predicted octanol–water partition coefficient (Wildman–Crippen LogP) is 23.9. The number of hydrogen-bond acceptors (Lipinski definition) is 4. The smallest absolute Gasteiger partial charge is 0.218 e. The van der Waals surface area contributed by atoms with Crippen LogP contribution in [0.15, 0.2) is 286 Å². The van der Waals surface area contributed by atoms with Crippen LogP contribution in [0.4, 0.5) is 5.69 Å². The van der Waals surface area contributed by atoms with Gasteiger partial charge in [-0.3, -0.25) is 0 Å². The molecule has 0 radical (unpaired) electrons. The number of nitrogens with zero attached hydrogens (tertiary/aromatic N) is 13. The lowest BCUT2D eigenvalue weighted by Crippen LogP contribution is -2.37. The fraction of sp³-hybridized carbons (Fsp3) is 0.176. The summed E-state index contributed by atoms with van der Waals surface area (Å²) >= 11 is 0. The molecule has 0 N–H and O–H groups in total. The van der Waals surface area contributed by atoms with Crippen molar-refractivity contribution < 1.29 is 18.3 Å². The molecule has 0 amide bonds. The fourth-order valence-corrected chi connectivity index (χ4v) is 17.8. The number of pyridine rings is 4. The van der Waals surface area contributed by atoms with Crippen LogP contribution in [0.2, 0.25) is 0 Å². The molecule has 0 spiro atoms. The molecule has 0 atom stereocenters. The molecule has 20 rings (SSSR count). The Labute approximate surface area is 708 Å². The SMILES string of the molecule is Cc1c(-c2nc3ccccc3n2C)cc(C(C)(C)C)cc1-[n+]1cc2ccccc2cc1C.Cc1cc(-c2nc3ccccc3n2C)c(C)c(-[n+]2cc3ccccc3cc2C)c1.Cc1cc(C)c(-[n+]2c(C)ccc3ccccc32)c(C)c1-c1nc2ccccc2n1C.[C-]#[N+]c1cc(-c2nc3ccccc3n2C)c(C)c(-[n+]2cc3ccccc3cc2C)c1. The van der Waals surface area contributed by atoms with Crippen LogP contribution in [0, 0.1) is 82.7 Å². The number of rotatable bonds is 8. The maximum Gasteiger partial charge on any atom is 0.218 e. The molecule has 8 heterocycles. The second-order valence-electron chi connectivity index (χ2n) is 33.5. The third-order valence-corrected chi connectivity index (χ3v) is 24.4. The number of benzene rings is 12. The Hall–Kier alpha value is -14.4. The van der Waals surface area contributed by atoms with E-state index in [2.05, 4.69) is 409 Å². The van der Waals surface area contributed by atoms with Crippen molar-refractivity contribution >= 4 is 93.0 Å². The highest BCUT2D eigenvalue weighted by atomic mass is 15.1. The van der Waals surface area contributed by atoms with Gasteiger partial charge in [0.1, 0.15) is 23.3 Å². The molecular formula is C108H101N13+4. The van der Waals surface area contributed by atoms with Crippen molar-refractivity contribution in [2.45, 2.75) is 102 Å². The van der Waals surface area contributed by atoms with Gasteiger partial charge in [0.2, 0.25) is 28.3 Å². The normalized spacial score (nSPS) is 11.5. The van der Waals surface area contributed by atoms with Crippen molar-refractivity contribution in [1.82, 2.24) is 38.2 Å². The van der Waals surface area contributed by atoms with E-state index in [9.17, 15) is 0 Å². The van der Waals surface area contributed by atoms with Crippen LogP contribution in [-0.4, -0.2) is 38.2 Å². The largest absolute Gasteiger partial charge is 0.327 e. The Morgan fingerprint density at radius 1 is 0.314 bits per heavy atom. The highest BCUT2D eigenvalue weighted by molar-refractivity contribution is 5.89. The summed E-state index contributed by atoms with van der Waals surface area (Å²) in [5.74, 6) is 3.91. The van der Waals surface area contributed by atoms with E-state index < -0.39 is 0 Å².